The average Bonchev–Trinajstić information content (AvgIpc) is 2.61. The fraction of sp³-hybridized carbons (Fsp3) is 0.250. The van der Waals surface area contributed by atoms with Gasteiger partial charge in [-0.25, -0.2) is 18.2 Å². The van der Waals surface area contributed by atoms with Crippen LogP contribution in [0.25, 0.3) is 0 Å². The minimum Gasteiger partial charge on any atom is -0.494 e. The number of ether oxygens (including phenoxy) is 1. The molecular weight excluding hydrogens is 371 g/mol. The normalized spacial score (nSPS) is 16.5. The molecule has 0 fully saturated rings. The Morgan fingerprint density at radius 2 is 1.86 bits per heavy atom. The van der Waals surface area contributed by atoms with Crippen molar-refractivity contribution in [2.75, 3.05) is 11.9 Å². The highest BCUT2D eigenvalue weighted by molar-refractivity contribution is 5.95. The molecule has 1 aliphatic heterocycles. The van der Waals surface area contributed by atoms with Crippen molar-refractivity contribution in [3.8, 4) is 5.75 Å². The molecule has 0 saturated heterocycles. The second-order valence-electron chi connectivity index (χ2n) is 6.28. The van der Waals surface area contributed by atoms with Crippen LogP contribution in [0.4, 0.5) is 18.9 Å². The first kappa shape index (κ1) is 19.8. The van der Waals surface area contributed by atoms with Gasteiger partial charge in [0.05, 0.1) is 13.2 Å². The van der Waals surface area contributed by atoms with Crippen molar-refractivity contribution in [1.82, 2.24) is 4.90 Å². The lowest BCUT2D eigenvalue weighted by atomic mass is 10.2. The minimum absolute atomic E-state index is 0.0449. The van der Waals surface area contributed by atoms with Gasteiger partial charge >= 0.3 is 0 Å². The van der Waals surface area contributed by atoms with E-state index in [9.17, 15) is 18.3 Å². The largest absolute Gasteiger partial charge is 0.494 e. The molecule has 0 radical (unpaired) electrons. The molecule has 2 aromatic carbocycles. The standard InChI is InChI=1S/C20H20F3N3O2/c1-3-28-16-4-5-18(12(2)6-16)24-20-25-19(27)17(23)11-26(20)10-13-7-14(21)9-15(22)8-13/h4-9,11,19,27H,3,10H2,1-2H3,(H,24,25). The molecular formula is C20H20F3N3O2. The zero-order valence-corrected chi connectivity index (χ0v) is 15.4. The number of guanidine groups is 1. The molecule has 0 aliphatic carbocycles. The number of aliphatic imine (C=N–C) groups is 1. The second kappa shape index (κ2) is 8.35. The van der Waals surface area contributed by atoms with Crippen molar-refractivity contribution >= 4 is 11.6 Å². The molecule has 2 aromatic rings. The molecule has 0 saturated carbocycles. The van der Waals surface area contributed by atoms with E-state index in [4.69, 9.17) is 4.74 Å². The van der Waals surface area contributed by atoms with Crippen LogP contribution in [-0.2, 0) is 6.54 Å². The van der Waals surface area contributed by atoms with Gasteiger partial charge in [0.2, 0.25) is 12.2 Å². The number of halogens is 3. The summed E-state index contributed by atoms with van der Waals surface area (Å²) in [6.07, 6.45) is -0.599. The maximum Gasteiger partial charge on any atom is 0.205 e. The summed E-state index contributed by atoms with van der Waals surface area (Å²) >= 11 is 0. The Kier molecular flexibility index (Phi) is 5.89. The molecule has 5 nitrogen and oxygen atoms in total. The fourth-order valence-corrected chi connectivity index (χ4v) is 2.81. The Morgan fingerprint density at radius 3 is 2.50 bits per heavy atom. The quantitative estimate of drug-likeness (QED) is 0.806. The molecule has 28 heavy (non-hydrogen) atoms. The molecule has 0 aromatic heterocycles. The number of aliphatic hydroxyl groups excluding tert-OH is 1. The number of nitrogens with zero attached hydrogens (tertiary/aromatic N) is 2. The summed E-state index contributed by atoms with van der Waals surface area (Å²) in [6.45, 7) is 4.23. The Balaban J connectivity index is 1.85. The van der Waals surface area contributed by atoms with Gasteiger partial charge in [-0.1, -0.05) is 0 Å². The highest BCUT2D eigenvalue weighted by Crippen LogP contribution is 2.24. The minimum atomic E-state index is -1.65. The van der Waals surface area contributed by atoms with Gasteiger partial charge in [-0.15, -0.1) is 0 Å². The molecule has 3 rings (SSSR count). The van der Waals surface area contributed by atoms with Crippen LogP contribution >= 0.6 is 0 Å². The lowest BCUT2D eigenvalue weighted by Gasteiger charge is -2.28. The van der Waals surface area contributed by atoms with Crippen LogP contribution < -0.4 is 10.1 Å². The van der Waals surface area contributed by atoms with E-state index >= 15 is 0 Å². The van der Waals surface area contributed by atoms with Crippen molar-refractivity contribution in [3.63, 3.8) is 0 Å². The smallest absolute Gasteiger partial charge is 0.205 e. The first-order valence-electron chi connectivity index (χ1n) is 8.71. The summed E-state index contributed by atoms with van der Waals surface area (Å²) in [6, 6.07) is 8.43. The number of aryl methyl sites for hydroxylation is 1. The molecule has 1 heterocycles. The number of rotatable bonds is 5. The van der Waals surface area contributed by atoms with E-state index in [-0.39, 0.29) is 18.1 Å². The van der Waals surface area contributed by atoms with Gasteiger partial charge in [-0.2, -0.15) is 0 Å². The van der Waals surface area contributed by atoms with E-state index in [0.29, 0.717) is 18.0 Å². The third kappa shape index (κ3) is 4.64. The molecule has 1 unspecified atom stereocenters. The SMILES string of the molecule is CCOc1ccc(NC2=NC(O)C(F)=CN2Cc2cc(F)cc(F)c2)c(C)c1. The van der Waals surface area contributed by atoms with E-state index in [0.717, 1.165) is 30.0 Å². The number of hydrogen-bond donors (Lipinski definition) is 2. The molecule has 1 aliphatic rings. The van der Waals surface area contributed by atoms with Gasteiger partial charge in [-0.3, -0.25) is 0 Å². The molecule has 1 atom stereocenters. The lowest BCUT2D eigenvalue weighted by molar-refractivity contribution is 0.181. The molecule has 8 heteroatoms. The van der Waals surface area contributed by atoms with Crippen molar-refractivity contribution in [1.29, 1.82) is 0 Å². The zero-order chi connectivity index (χ0) is 20.3. The summed E-state index contributed by atoms with van der Waals surface area (Å²) in [4.78, 5) is 5.25. The van der Waals surface area contributed by atoms with E-state index in [1.807, 2.05) is 19.9 Å². The summed E-state index contributed by atoms with van der Waals surface area (Å²) in [5.41, 5.74) is 1.80. The topological polar surface area (TPSA) is 57.1 Å². The van der Waals surface area contributed by atoms with Crippen LogP contribution in [0.2, 0.25) is 0 Å². The summed E-state index contributed by atoms with van der Waals surface area (Å²) in [5, 5.41) is 12.8. The van der Waals surface area contributed by atoms with Gasteiger partial charge in [0.15, 0.2) is 5.83 Å². The van der Waals surface area contributed by atoms with E-state index in [2.05, 4.69) is 10.3 Å². The van der Waals surface area contributed by atoms with Crippen LogP contribution in [0.1, 0.15) is 18.1 Å². The highest BCUT2D eigenvalue weighted by Gasteiger charge is 2.23. The Hall–Kier alpha value is -3.00. The van der Waals surface area contributed by atoms with Crippen LogP contribution in [0.15, 0.2) is 53.4 Å². The number of nitrogens with one attached hydrogen (secondary N) is 1. The van der Waals surface area contributed by atoms with Crippen molar-refractivity contribution in [3.05, 3.63) is 71.2 Å². The fourth-order valence-electron chi connectivity index (χ4n) is 2.81. The van der Waals surface area contributed by atoms with Crippen LogP contribution in [0, 0.1) is 18.6 Å². The number of hydrogen-bond acceptors (Lipinski definition) is 5. The Bertz CT molecular complexity index is 911. The van der Waals surface area contributed by atoms with E-state index < -0.39 is 23.7 Å². The van der Waals surface area contributed by atoms with Crippen molar-refractivity contribution in [2.24, 2.45) is 4.99 Å². The van der Waals surface area contributed by atoms with E-state index in [1.54, 1.807) is 12.1 Å². The summed E-state index contributed by atoms with van der Waals surface area (Å²) in [7, 11) is 0. The highest BCUT2D eigenvalue weighted by atomic mass is 19.1. The molecule has 2 N–H and O–H groups in total. The molecule has 0 bridgehead atoms. The first-order valence-corrected chi connectivity index (χ1v) is 8.71. The number of benzene rings is 2. The second-order valence-corrected chi connectivity index (χ2v) is 6.28. The van der Waals surface area contributed by atoms with Gasteiger partial charge in [-0.05, 0) is 55.3 Å². The number of aliphatic hydroxyl groups is 1. The molecule has 0 spiro atoms. The average molecular weight is 391 g/mol. The van der Waals surface area contributed by atoms with Crippen LogP contribution in [0.5, 0.6) is 5.75 Å². The van der Waals surface area contributed by atoms with Crippen LogP contribution in [-0.4, -0.2) is 28.8 Å². The molecule has 148 valence electrons. The van der Waals surface area contributed by atoms with Gasteiger partial charge in [0, 0.05) is 18.0 Å². The Labute approximate surface area is 160 Å². The lowest BCUT2D eigenvalue weighted by Crippen LogP contribution is -2.37. The van der Waals surface area contributed by atoms with Gasteiger partial charge in [0.1, 0.15) is 17.4 Å². The van der Waals surface area contributed by atoms with E-state index in [1.165, 1.54) is 4.90 Å². The van der Waals surface area contributed by atoms with Gasteiger partial charge in [0.25, 0.3) is 0 Å². The van der Waals surface area contributed by atoms with Gasteiger partial charge < -0.3 is 20.1 Å². The summed E-state index contributed by atoms with van der Waals surface area (Å²) < 4.78 is 46.3. The monoisotopic (exact) mass is 391 g/mol. The third-order valence-electron chi connectivity index (χ3n) is 4.07. The predicted molar refractivity (Wildman–Crippen MR) is 101 cm³/mol. The third-order valence-corrected chi connectivity index (χ3v) is 4.07. The summed E-state index contributed by atoms with van der Waals surface area (Å²) in [5.74, 6) is -1.48. The van der Waals surface area contributed by atoms with Crippen molar-refractivity contribution in [2.45, 2.75) is 26.6 Å². The Morgan fingerprint density at radius 1 is 1.14 bits per heavy atom. The first-order chi connectivity index (χ1) is 13.4. The number of anilines is 1. The maximum absolute atomic E-state index is 13.9. The van der Waals surface area contributed by atoms with Crippen molar-refractivity contribution < 1.29 is 23.0 Å². The van der Waals surface area contributed by atoms with Crippen LogP contribution in [0.3, 0.4) is 0 Å². The molecule has 0 amide bonds. The zero-order valence-electron chi connectivity index (χ0n) is 15.4. The maximum atomic E-state index is 13.9. The predicted octanol–water partition coefficient (Wildman–Crippen LogP) is 4.08.